The summed E-state index contributed by atoms with van der Waals surface area (Å²) in [4.78, 5) is 2.63. The van der Waals surface area contributed by atoms with Crippen LogP contribution in [0.5, 0.6) is 0 Å². The number of fused-ring (bicyclic) bond motifs is 1. The quantitative estimate of drug-likeness (QED) is 0.901. The van der Waals surface area contributed by atoms with Crippen LogP contribution >= 0.6 is 0 Å². The molecule has 1 fully saturated rings. The predicted octanol–water partition coefficient (Wildman–Crippen LogP) is 4.20. The molecule has 4 rings (SSSR count). The minimum atomic E-state index is 0.983. The molecule has 0 atom stereocenters. The molecule has 0 bridgehead atoms. The van der Waals surface area contributed by atoms with Crippen LogP contribution in [0.25, 0.3) is 0 Å². The van der Waals surface area contributed by atoms with Crippen LogP contribution in [0, 0.1) is 5.92 Å². The van der Waals surface area contributed by atoms with Crippen molar-refractivity contribution in [3.8, 4) is 0 Å². The Bertz CT molecular complexity index is 617. The zero-order chi connectivity index (χ0) is 14.1. The highest BCUT2D eigenvalue weighted by molar-refractivity contribution is 5.61. The van der Waals surface area contributed by atoms with E-state index in [9.17, 15) is 0 Å². The molecule has 1 aliphatic heterocycles. The highest BCUT2D eigenvalue weighted by Gasteiger charge is 2.26. The molecule has 21 heavy (non-hydrogen) atoms. The normalized spacial score (nSPS) is 18.3. The number of para-hydroxylation sites is 1. The van der Waals surface area contributed by atoms with Crippen LogP contribution in [0.4, 0.5) is 11.4 Å². The van der Waals surface area contributed by atoms with Gasteiger partial charge in [-0.2, -0.15) is 0 Å². The van der Waals surface area contributed by atoms with Crippen LogP contribution in [0.1, 0.15) is 24.0 Å². The van der Waals surface area contributed by atoms with Gasteiger partial charge in [0, 0.05) is 31.0 Å². The monoisotopic (exact) mass is 278 g/mol. The zero-order valence-electron chi connectivity index (χ0n) is 12.4. The smallest absolute Gasteiger partial charge is 0.0387 e. The predicted molar refractivity (Wildman–Crippen MR) is 87.9 cm³/mol. The first-order chi connectivity index (χ1) is 10.4. The van der Waals surface area contributed by atoms with Crippen molar-refractivity contribution in [3.05, 3.63) is 59.7 Å². The maximum Gasteiger partial charge on any atom is 0.0387 e. The van der Waals surface area contributed by atoms with E-state index in [1.165, 1.54) is 49.2 Å². The number of rotatable bonds is 4. The fraction of sp³-hybridized carbons (Fsp3) is 0.368. The van der Waals surface area contributed by atoms with E-state index < -0.39 is 0 Å². The van der Waals surface area contributed by atoms with E-state index in [1.54, 1.807) is 0 Å². The van der Waals surface area contributed by atoms with Crippen LogP contribution in [-0.4, -0.2) is 18.0 Å². The summed E-state index contributed by atoms with van der Waals surface area (Å²) in [6.45, 7) is 3.65. The maximum absolute atomic E-state index is 3.50. The van der Waals surface area contributed by atoms with Gasteiger partial charge in [-0.15, -0.1) is 0 Å². The second kappa shape index (κ2) is 5.53. The van der Waals surface area contributed by atoms with Crippen LogP contribution in [0.3, 0.4) is 0 Å². The Morgan fingerprint density at radius 1 is 0.952 bits per heavy atom. The molecule has 0 spiro atoms. The Hall–Kier alpha value is -1.80. The lowest BCUT2D eigenvalue weighted by Crippen LogP contribution is -2.32. The summed E-state index contributed by atoms with van der Waals surface area (Å²) in [5, 5.41) is 3.50. The van der Waals surface area contributed by atoms with Gasteiger partial charge in [0.05, 0.1) is 0 Å². The van der Waals surface area contributed by atoms with Crippen molar-refractivity contribution in [2.24, 2.45) is 5.92 Å². The molecule has 0 aromatic heterocycles. The molecule has 2 heteroatoms. The third kappa shape index (κ3) is 3.11. The van der Waals surface area contributed by atoms with Crippen LogP contribution in [0.2, 0.25) is 0 Å². The molecule has 2 aromatic carbocycles. The Balaban J connectivity index is 1.50. The lowest BCUT2D eigenvalue weighted by atomic mass is 9.98. The lowest BCUT2D eigenvalue weighted by Gasteiger charge is -2.29. The topological polar surface area (TPSA) is 15.3 Å². The van der Waals surface area contributed by atoms with Crippen molar-refractivity contribution in [3.63, 3.8) is 0 Å². The largest absolute Gasteiger partial charge is 0.356 e. The molecule has 1 saturated carbocycles. The van der Waals surface area contributed by atoms with Crippen LogP contribution < -0.4 is 5.32 Å². The summed E-state index contributed by atoms with van der Waals surface area (Å²) < 4.78 is 0. The van der Waals surface area contributed by atoms with E-state index in [1.807, 2.05) is 6.07 Å². The van der Waals surface area contributed by atoms with Crippen molar-refractivity contribution in [1.82, 2.24) is 4.90 Å². The Morgan fingerprint density at radius 3 is 2.62 bits per heavy atom. The Morgan fingerprint density at radius 2 is 1.81 bits per heavy atom. The van der Waals surface area contributed by atoms with Gasteiger partial charge in [0.25, 0.3) is 0 Å². The van der Waals surface area contributed by atoms with E-state index in [4.69, 9.17) is 0 Å². The van der Waals surface area contributed by atoms with Gasteiger partial charge in [-0.1, -0.05) is 24.3 Å². The van der Waals surface area contributed by atoms with Gasteiger partial charge in [0.2, 0.25) is 0 Å². The number of anilines is 2. The minimum Gasteiger partial charge on any atom is -0.356 e. The fourth-order valence-electron chi connectivity index (χ4n) is 3.20. The summed E-state index contributed by atoms with van der Waals surface area (Å²) >= 11 is 0. The summed E-state index contributed by atoms with van der Waals surface area (Å²) in [5.41, 5.74) is 5.39. The van der Waals surface area contributed by atoms with E-state index in [0.717, 1.165) is 18.2 Å². The molecule has 2 aliphatic rings. The average Bonchev–Trinajstić information content (AvgIpc) is 3.32. The van der Waals surface area contributed by atoms with Crippen LogP contribution in [0.15, 0.2) is 48.5 Å². The van der Waals surface area contributed by atoms with Crippen molar-refractivity contribution in [1.29, 1.82) is 0 Å². The third-order valence-electron chi connectivity index (χ3n) is 4.57. The minimum absolute atomic E-state index is 0.983. The van der Waals surface area contributed by atoms with Crippen molar-refractivity contribution < 1.29 is 0 Å². The summed E-state index contributed by atoms with van der Waals surface area (Å²) in [5.74, 6) is 0.983. The molecule has 0 saturated heterocycles. The highest BCUT2D eigenvalue weighted by atomic mass is 15.1. The van der Waals surface area contributed by atoms with Gasteiger partial charge in [-0.25, -0.2) is 0 Å². The van der Waals surface area contributed by atoms with E-state index in [-0.39, 0.29) is 0 Å². The van der Waals surface area contributed by atoms with E-state index in [2.05, 4.69) is 52.7 Å². The number of nitrogens with zero attached hydrogens (tertiary/aromatic N) is 1. The first kappa shape index (κ1) is 12.9. The summed E-state index contributed by atoms with van der Waals surface area (Å²) in [7, 11) is 0. The molecule has 0 amide bonds. The zero-order valence-corrected chi connectivity index (χ0v) is 12.4. The van der Waals surface area contributed by atoms with E-state index >= 15 is 0 Å². The average molecular weight is 278 g/mol. The highest BCUT2D eigenvalue weighted by Crippen LogP contribution is 2.32. The standard InChI is InChI=1S/C19H22N2/c1-2-4-18(5-3-1)20-19-9-8-16-10-11-21(13-15-6-7-15)14-17(16)12-19/h1-5,8-9,12,15,20H,6-7,10-11,13-14H2. The number of nitrogens with one attached hydrogen (secondary N) is 1. The molecule has 2 aromatic rings. The number of hydrogen-bond acceptors (Lipinski definition) is 2. The fourth-order valence-corrected chi connectivity index (χ4v) is 3.20. The first-order valence-electron chi connectivity index (χ1n) is 8.03. The van der Waals surface area contributed by atoms with Crippen molar-refractivity contribution in [2.45, 2.75) is 25.8 Å². The molecule has 2 nitrogen and oxygen atoms in total. The molecule has 0 radical (unpaired) electrons. The second-order valence-electron chi connectivity index (χ2n) is 6.40. The summed E-state index contributed by atoms with van der Waals surface area (Å²) in [6.07, 6.45) is 4.09. The molecule has 1 N–H and O–H groups in total. The van der Waals surface area contributed by atoms with Gasteiger partial charge >= 0.3 is 0 Å². The van der Waals surface area contributed by atoms with Gasteiger partial charge in [-0.05, 0) is 60.6 Å². The van der Waals surface area contributed by atoms with Crippen molar-refractivity contribution in [2.75, 3.05) is 18.4 Å². The molecule has 1 heterocycles. The molecule has 1 aliphatic carbocycles. The molecular weight excluding hydrogens is 256 g/mol. The second-order valence-corrected chi connectivity index (χ2v) is 6.40. The van der Waals surface area contributed by atoms with Gasteiger partial charge in [0.15, 0.2) is 0 Å². The first-order valence-corrected chi connectivity index (χ1v) is 8.03. The van der Waals surface area contributed by atoms with Gasteiger partial charge < -0.3 is 5.32 Å². The van der Waals surface area contributed by atoms with Gasteiger partial charge in [-0.3, -0.25) is 4.90 Å². The molecule has 0 unspecified atom stereocenters. The lowest BCUT2D eigenvalue weighted by molar-refractivity contribution is 0.244. The number of hydrogen-bond donors (Lipinski definition) is 1. The maximum atomic E-state index is 3.50. The summed E-state index contributed by atoms with van der Waals surface area (Å²) in [6, 6.07) is 17.3. The molecular formula is C19H22N2. The third-order valence-corrected chi connectivity index (χ3v) is 4.57. The number of benzene rings is 2. The Kier molecular flexibility index (Phi) is 3.40. The Labute approximate surface area is 126 Å². The van der Waals surface area contributed by atoms with Crippen LogP contribution in [-0.2, 0) is 13.0 Å². The van der Waals surface area contributed by atoms with Crippen molar-refractivity contribution >= 4 is 11.4 Å². The van der Waals surface area contributed by atoms with E-state index in [0.29, 0.717) is 0 Å². The van der Waals surface area contributed by atoms with Gasteiger partial charge in [0.1, 0.15) is 0 Å². The molecule has 108 valence electrons. The SMILES string of the molecule is c1ccc(Nc2ccc3c(c2)CN(CC2CC2)CC3)cc1.